The van der Waals surface area contributed by atoms with Crippen LogP contribution in [-0.4, -0.2) is 66.9 Å². The lowest BCUT2D eigenvalue weighted by atomic mass is 10.1. The molecule has 0 radical (unpaired) electrons. The molecule has 2 aliphatic heterocycles. The monoisotopic (exact) mass is 441 g/mol. The van der Waals surface area contributed by atoms with Crippen molar-refractivity contribution in [2.24, 2.45) is 5.92 Å². The van der Waals surface area contributed by atoms with Crippen LogP contribution in [0.1, 0.15) is 25.0 Å². The SMILES string of the molecule is COc1cc(CN2CC(=O)N(CC(C)C)C[C@@H](OCc3cccnc3)C2)cc2c1OCO2. The van der Waals surface area contributed by atoms with Gasteiger partial charge in [0.1, 0.15) is 0 Å². The van der Waals surface area contributed by atoms with Crippen LogP contribution >= 0.6 is 0 Å². The molecule has 32 heavy (non-hydrogen) atoms. The topological polar surface area (TPSA) is 73.4 Å². The maximum absolute atomic E-state index is 13.0. The molecule has 1 atom stereocenters. The van der Waals surface area contributed by atoms with Gasteiger partial charge in [-0.1, -0.05) is 19.9 Å². The number of fused-ring (bicyclic) bond motifs is 1. The van der Waals surface area contributed by atoms with Crippen LogP contribution in [0.4, 0.5) is 0 Å². The van der Waals surface area contributed by atoms with E-state index < -0.39 is 0 Å². The molecule has 1 aromatic carbocycles. The first-order valence-corrected chi connectivity index (χ1v) is 11.0. The van der Waals surface area contributed by atoms with E-state index in [9.17, 15) is 4.79 Å². The number of methoxy groups -OCH3 is 1. The summed E-state index contributed by atoms with van der Waals surface area (Å²) in [7, 11) is 1.61. The van der Waals surface area contributed by atoms with Gasteiger partial charge >= 0.3 is 0 Å². The van der Waals surface area contributed by atoms with Crippen LogP contribution in [0.15, 0.2) is 36.7 Å². The Balaban J connectivity index is 1.50. The maximum Gasteiger partial charge on any atom is 0.236 e. The molecule has 2 aromatic rings. The second-order valence-corrected chi connectivity index (χ2v) is 8.69. The Labute approximate surface area is 189 Å². The molecular weight excluding hydrogens is 410 g/mol. The first-order valence-electron chi connectivity index (χ1n) is 11.0. The highest BCUT2D eigenvalue weighted by atomic mass is 16.7. The highest BCUT2D eigenvalue weighted by Gasteiger charge is 2.29. The second kappa shape index (κ2) is 10.2. The zero-order chi connectivity index (χ0) is 22.5. The summed E-state index contributed by atoms with van der Waals surface area (Å²) in [6.45, 7) is 7.78. The van der Waals surface area contributed by atoms with Crippen molar-refractivity contribution in [3.05, 3.63) is 47.8 Å². The summed E-state index contributed by atoms with van der Waals surface area (Å²) >= 11 is 0. The molecule has 8 heteroatoms. The number of pyridine rings is 1. The van der Waals surface area contributed by atoms with E-state index in [1.807, 2.05) is 35.4 Å². The van der Waals surface area contributed by atoms with Crippen LogP contribution in [0.5, 0.6) is 17.2 Å². The third kappa shape index (κ3) is 5.49. The van der Waals surface area contributed by atoms with E-state index in [0.717, 1.165) is 17.7 Å². The summed E-state index contributed by atoms with van der Waals surface area (Å²) in [6.07, 6.45) is 3.46. The minimum absolute atomic E-state index is 0.101. The summed E-state index contributed by atoms with van der Waals surface area (Å²) in [6, 6.07) is 7.80. The number of hydrogen-bond acceptors (Lipinski definition) is 7. The number of hydrogen-bond donors (Lipinski definition) is 0. The predicted octanol–water partition coefficient (Wildman–Crippen LogP) is 2.70. The van der Waals surface area contributed by atoms with E-state index >= 15 is 0 Å². The lowest BCUT2D eigenvalue weighted by Gasteiger charge is -2.26. The third-order valence-electron chi connectivity index (χ3n) is 5.52. The molecule has 8 nitrogen and oxygen atoms in total. The van der Waals surface area contributed by atoms with Crippen LogP contribution in [0.25, 0.3) is 0 Å². The third-order valence-corrected chi connectivity index (χ3v) is 5.52. The molecule has 1 fully saturated rings. The van der Waals surface area contributed by atoms with E-state index in [1.54, 1.807) is 13.3 Å². The number of carbonyl (C=O) groups excluding carboxylic acids is 1. The Kier molecular flexibility index (Phi) is 7.12. The number of aromatic nitrogens is 1. The van der Waals surface area contributed by atoms with E-state index in [-0.39, 0.29) is 18.8 Å². The average Bonchev–Trinajstić information content (AvgIpc) is 3.19. The fourth-order valence-electron chi connectivity index (χ4n) is 4.12. The van der Waals surface area contributed by atoms with Gasteiger partial charge in [-0.2, -0.15) is 0 Å². The molecule has 0 unspecified atom stereocenters. The fraction of sp³-hybridized carbons (Fsp3) is 0.500. The number of nitrogens with zero attached hydrogens (tertiary/aromatic N) is 3. The van der Waals surface area contributed by atoms with Gasteiger partial charge < -0.3 is 23.8 Å². The Morgan fingerprint density at radius 2 is 2.09 bits per heavy atom. The molecule has 0 aliphatic carbocycles. The molecule has 1 amide bonds. The van der Waals surface area contributed by atoms with Gasteiger partial charge in [0.2, 0.25) is 18.4 Å². The van der Waals surface area contributed by atoms with Gasteiger partial charge in [-0.25, -0.2) is 0 Å². The van der Waals surface area contributed by atoms with Crippen molar-refractivity contribution < 1.29 is 23.7 Å². The Hall–Kier alpha value is -2.84. The molecule has 0 spiro atoms. The molecule has 1 saturated heterocycles. The second-order valence-electron chi connectivity index (χ2n) is 8.69. The van der Waals surface area contributed by atoms with Crippen molar-refractivity contribution >= 4 is 5.91 Å². The van der Waals surface area contributed by atoms with Gasteiger partial charge in [0.05, 0.1) is 26.4 Å². The summed E-state index contributed by atoms with van der Waals surface area (Å²) in [5, 5.41) is 0. The van der Waals surface area contributed by atoms with Crippen LogP contribution in [0.3, 0.4) is 0 Å². The molecule has 0 bridgehead atoms. The molecular formula is C24H31N3O5. The first kappa shape index (κ1) is 22.4. The summed E-state index contributed by atoms with van der Waals surface area (Å²) in [5.74, 6) is 2.46. The van der Waals surface area contributed by atoms with Gasteiger partial charge in [0.25, 0.3) is 0 Å². The summed E-state index contributed by atoms with van der Waals surface area (Å²) in [5.41, 5.74) is 2.02. The molecule has 3 heterocycles. The zero-order valence-electron chi connectivity index (χ0n) is 19.0. The highest BCUT2D eigenvalue weighted by molar-refractivity contribution is 5.78. The van der Waals surface area contributed by atoms with Crippen molar-refractivity contribution in [1.82, 2.24) is 14.8 Å². The molecule has 1 aromatic heterocycles. The number of ether oxygens (including phenoxy) is 4. The number of rotatable bonds is 8. The Morgan fingerprint density at radius 1 is 1.22 bits per heavy atom. The standard InChI is InChI=1S/C24H31N3O5/c1-17(2)10-27-13-20(30-15-18-5-4-6-25-9-18)12-26(14-23(27)28)11-19-7-21(29-3)24-22(8-19)31-16-32-24/h4-9,17,20H,10-16H2,1-3H3/t20-/m0/s1. The molecule has 0 saturated carbocycles. The maximum atomic E-state index is 13.0. The molecule has 2 aliphatic rings. The Morgan fingerprint density at radius 3 is 2.84 bits per heavy atom. The van der Waals surface area contributed by atoms with E-state index in [1.165, 1.54) is 0 Å². The highest BCUT2D eigenvalue weighted by Crippen LogP contribution is 2.42. The lowest BCUT2D eigenvalue weighted by molar-refractivity contribution is -0.132. The van der Waals surface area contributed by atoms with Crippen molar-refractivity contribution in [3.8, 4) is 17.2 Å². The zero-order valence-corrected chi connectivity index (χ0v) is 19.0. The summed E-state index contributed by atoms with van der Waals surface area (Å²) < 4.78 is 22.8. The molecule has 172 valence electrons. The first-order chi connectivity index (χ1) is 15.5. The van der Waals surface area contributed by atoms with Crippen molar-refractivity contribution in [2.45, 2.75) is 33.1 Å². The van der Waals surface area contributed by atoms with E-state index in [0.29, 0.717) is 56.0 Å². The average molecular weight is 442 g/mol. The lowest BCUT2D eigenvalue weighted by Crippen LogP contribution is -2.40. The minimum atomic E-state index is -0.101. The van der Waals surface area contributed by atoms with Crippen molar-refractivity contribution in [2.75, 3.05) is 40.1 Å². The van der Waals surface area contributed by atoms with E-state index in [2.05, 4.69) is 23.7 Å². The predicted molar refractivity (Wildman–Crippen MR) is 119 cm³/mol. The van der Waals surface area contributed by atoms with Crippen LogP contribution in [-0.2, 0) is 22.7 Å². The Bertz CT molecular complexity index is 921. The van der Waals surface area contributed by atoms with Gasteiger partial charge in [-0.3, -0.25) is 14.7 Å². The molecule has 4 rings (SSSR count). The van der Waals surface area contributed by atoms with Crippen molar-refractivity contribution in [1.29, 1.82) is 0 Å². The number of amides is 1. The van der Waals surface area contributed by atoms with Gasteiger partial charge in [0, 0.05) is 38.6 Å². The van der Waals surface area contributed by atoms with Gasteiger partial charge in [-0.15, -0.1) is 0 Å². The van der Waals surface area contributed by atoms with E-state index in [4.69, 9.17) is 18.9 Å². The van der Waals surface area contributed by atoms with Crippen molar-refractivity contribution in [3.63, 3.8) is 0 Å². The number of benzene rings is 1. The largest absolute Gasteiger partial charge is 0.493 e. The molecule has 0 N–H and O–H groups in total. The van der Waals surface area contributed by atoms with Gasteiger partial charge in [-0.05, 0) is 35.2 Å². The summed E-state index contributed by atoms with van der Waals surface area (Å²) in [4.78, 5) is 21.3. The van der Waals surface area contributed by atoms with Gasteiger partial charge in [0.15, 0.2) is 11.5 Å². The normalized spacial score (nSPS) is 18.8. The van der Waals surface area contributed by atoms with Crippen LogP contribution in [0.2, 0.25) is 0 Å². The number of carbonyl (C=O) groups is 1. The minimum Gasteiger partial charge on any atom is -0.493 e. The van der Waals surface area contributed by atoms with Crippen LogP contribution in [0, 0.1) is 5.92 Å². The van der Waals surface area contributed by atoms with Crippen LogP contribution < -0.4 is 14.2 Å². The quantitative estimate of drug-likeness (QED) is 0.624. The smallest absolute Gasteiger partial charge is 0.236 e. The fourth-order valence-corrected chi connectivity index (χ4v) is 4.12.